The van der Waals surface area contributed by atoms with Crippen molar-refractivity contribution in [3.05, 3.63) is 35.9 Å². The molecule has 1 aromatic carbocycles. The second-order valence-corrected chi connectivity index (χ2v) is 3.43. The molecule has 0 N–H and O–H groups in total. The van der Waals surface area contributed by atoms with Crippen molar-refractivity contribution in [3.8, 4) is 0 Å². The highest BCUT2D eigenvalue weighted by Crippen LogP contribution is 2.23. The maximum absolute atomic E-state index is 5.49. The Morgan fingerprint density at radius 1 is 1.33 bits per heavy atom. The highest BCUT2D eigenvalue weighted by molar-refractivity contribution is 9.09. The van der Waals surface area contributed by atoms with E-state index in [1.54, 1.807) is 0 Å². The maximum atomic E-state index is 5.49. The highest BCUT2D eigenvalue weighted by atomic mass is 79.9. The van der Waals surface area contributed by atoms with Crippen molar-refractivity contribution in [1.82, 2.24) is 0 Å². The smallest absolute Gasteiger partial charge is 0.137 e. The Labute approximate surface area is 81.9 Å². The lowest BCUT2D eigenvalue weighted by atomic mass is 10.2. The zero-order chi connectivity index (χ0) is 8.81. The molecule has 12 heavy (non-hydrogen) atoms. The van der Waals surface area contributed by atoms with Gasteiger partial charge in [0.2, 0.25) is 0 Å². The first-order valence-electron chi connectivity index (χ1n) is 4.15. The van der Waals surface area contributed by atoms with E-state index in [1.165, 1.54) is 5.56 Å². The van der Waals surface area contributed by atoms with Crippen LogP contribution in [-0.2, 0) is 4.74 Å². The van der Waals surface area contributed by atoms with Crippen molar-refractivity contribution in [2.75, 3.05) is 6.61 Å². The Morgan fingerprint density at radius 3 is 2.58 bits per heavy atom. The lowest BCUT2D eigenvalue weighted by Gasteiger charge is -2.10. The van der Waals surface area contributed by atoms with Gasteiger partial charge in [-0.2, -0.15) is 0 Å². The zero-order valence-electron chi connectivity index (χ0n) is 7.16. The molecule has 2 heteroatoms. The fourth-order valence-electron chi connectivity index (χ4n) is 0.922. The van der Waals surface area contributed by atoms with Gasteiger partial charge in [0.25, 0.3) is 0 Å². The van der Waals surface area contributed by atoms with Crippen molar-refractivity contribution in [2.24, 2.45) is 0 Å². The Kier molecular flexibility index (Phi) is 4.33. The monoisotopic (exact) mass is 228 g/mol. The Hall–Kier alpha value is -0.340. The molecule has 1 atom stereocenters. The number of benzene rings is 1. The van der Waals surface area contributed by atoms with E-state index in [2.05, 4.69) is 35.0 Å². The van der Waals surface area contributed by atoms with Crippen LogP contribution < -0.4 is 0 Å². The standard InChI is InChI=1S/C10H13BrO/c1-2-8-12-10(11)9-6-4-3-5-7-9/h3-7,10H,2,8H2,1H3. The molecule has 0 radical (unpaired) electrons. The minimum absolute atomic E-state index is 0.0404. The summed E-state index contributed by atoms with van der Waals surface area (Å²) in [7, 11) is 0. The van der Waals surface area contributed by atoms with E-state index < -0.39 is 0 Å². The van der Waals surface area contributed by atoms with E-state index in [4.69, 9.17) is 4.74 Å². The number of rotatable bonds is 4. The molecule has 66 valence electrons. The summed E-state index contributed by atoms with van der Waals surface area (Å²) in [5.74, 6) is 0. The molecule has 1 unspecified atom stereocenters. The number of hydrogen-bond acceptors (Lipinski definition) is 1. The van der Waals surface area contributed by atoms with Crippen molar-refractivity contribution in [1.29, 1.82) is 0 Å². The van der Waals surface area contributed by atoms with Crippen LogP contribution in [0.25, 0.3) is 0 Å². The maximum Gasteiger partial charge on any atom is 0.137 e. The number of alkyl halides is 1. The second-order valence-electron chi connectivity index (χ2n) is 2.60. The number of hydrogen-bond donors (Lipinski definition) is 0. The Balaban J connectivity index is 2.48. The minimum atomic E-state index is 0.0404. The molecule has 1 rings (SSSR count). The van der Waals surface area contributed by atoms with Crippen molar-refractivity contribution in [3.63, 3.8) is 0 Å². The summed E-state index contributed by atoms with van der Waals surface area (Å²) in [6.07, 6.45) is 1.05. The minimum Gasteiger partial charge on any atom is -0.362 e. The molecular weight excluding hydrogens is 216 g/mol. The average molecular weight is 229 g/mol. The first-order chi connectivity index (χ1) is 5.84. The van der Waals surface area contributed by atoms with E-state index >= 15 is 0 Å². The largest absolute Gasteiger partial charge is 0.362 e. The summed E-state index contributed by atoms with van der Waals surface area (Å²) in [5.41, 5.74) is 1.17. The third-order valence-electron chi connectivity index (χ3n) is 1.53. The molecule has 1 aromatic rings. The zero-order valence-corrected chi connectivity index (χ0v) is 8.75. The summed E-state index contributed by atoms with van der Waals surface area (Å²) in [6.45, 7) is 2.90. The third-order valence-corrected chi connectivity index (χ3v) is 2.32. The molecule has 0 aliphatic carbocycles. The summed E-state index contributed by atoms with van der Waals surface area (Å²) in [5, 5.41) is 0.0404. The quantitative estimate of drug-likeness (QED) is 0.718. The third kappa shape index (κ3) is 2.95. The molecule has 0 bridgehead atoms. The van der Waals surface area contributed by atoms with Crippen LogP contribution in [0.3, 0.4) is 0 Å². The topological polar surface area (TPSA) is 9.23 Å². The van der Waals surface area contributed by atoms with E-state index in [0.717, 1.165) is 13.0 Å². The van der Waals surface area contributed by atoms with Gasteiger partial charge in [0, 0.05) is 6.61 Å². The van der Waals surface area contributed by atoms with Crippen molar-refractivity contribution >= 4 is 15.9 Å². The molecule has 0 aliphatic rings. The molecule has 0 spiro atoms. The van der Waals surface area contributed by atoms with Gasteiger partial charge < -0.3 is 4.74 Å². The lowest BCUT2D eigenvalue weighted by Crippen LogP contribution is -1.97. The molecule has 0 saturated carbocycles. The van der Waals surface area contributed by atoms with Gasteiger partial charge in [0.1, 0.15) is 5.01 Å². The van der Waals surface area contributed by atoms with Gasteiger partial charge in [-0.3, -0.25) is 0 Å². The van der Waals surface area contributed by atoms with Crippen molar-refractivity contribution in [2.45, 2.75) is 18.4 Å². The first kappa shape index (κ1) is 9.75. The molecule has 1 nitrogen and oxygen atoms in total. The van der Waals surface area contributed by atoms with Crippen LogP contribution in [0.2, 0.25) is 0 Å². The van der Waals surface area contributed by atoms with Crippen molar-refractivity contribution < 1.29 is 4.74 Å². The van der Waals surface area contributed by atoms with Gasteiger partial charge in [-0.1, -0.05) is 53.2 Å². The van der Waals surface area contributed by atoms with Gasteiger partial charge in [-0.15, -0.1) is 0 Å². The van der Waals surface area contributed by atoms with Crippen LogP contribution >= 0.6 is 15.9 Å². The van der Waals surface area contributed by atoms with Gasteiger partial charge >= 0.3 is 0 Å². The molecule has 0 aromatic heterocycles. The van der Waals surface area contributed by atoms with Gasteiger partial charge in [-0.05, 0) is 12.0 Å². The predicted octanol–water partition coefficient (Wildman–Crippen LogP) is 3.51. The molecule has 0 saturated heterocycles. The Morgan fingerprint density at radius 2 is 2.00 bits per heavy atom. The summed E-state index contributed by atoms with van der Waals surface area (Å²) in [6, 6.07) is 10.1. The highest BCUT2D eigenvalue weighted by Gasteiger charge is 2.04. The number of halogens is 1. The van der Waals surface area contributed by atoms with Gasteiger partial charge in [0.15, 0.2) is 0 Å². The normalized spacial score (nSPS) is 12.8. The van der Waals surface area contributed by atoms with E-state index in [0.29, 0.717) is 0 Å². The lowest BCUT2D eigenvalue weighted by molar-refractivity contribution is 0.118. The van der Waals surface area contributed by atoms with Gasteiger partial charge in [-0.25, -0.2) is 0 Å². The van der Waals surface area contributed by atoms with Crippen LogP contribution in [0.1, 0.15) is 23.9 Å². The Bertz CT molecular complexity index is 210. The molecular formula is C10H13BrO. The molecule has 0 aliphatic heterocycles. The van der Waals surface area contributed by atoms with Crippen LogP contribution in [0.5, 0.6) is 0 Å². The molecule has 0 heterocycles. The summed E-state index contributed by atoms with van der Waals surface area (Å²) in [4.78, 5) is 0. The van der Waals surface area contributed by atoms with E-state index in [-0.39, 0.29) is 5.01 Å². The summed E-state index contributed by atoms with van der Waals surface area (Å²) >= 11 is 3.46. The molecule has 0 fully saturated rings. The number of ether oxygens (including phenoxy) is 1. The fourth-order valence-corrected chi connectivity index (χ4v) is 1.41. The van der Waals surface area contributed by atoms with Crippen LogP contribution in [0, 0.1) is 0 Å². The second kappa shape index (κ2) is 5.33. The fraction of sp³-hybridized carbons (Fsp3) is 0.400. The van der Waals surface area contributed by atoms with E-state index in [9.17, 15) is 0 Å². The van der Waals surface area contributed by atoms with Crippen LogP contribution in [0.4, 0.5) is 0 Å². The summed E-state index contributed by atoms with van der Waals surface area (Å²) < 4.78 is 5.49. The first-order valence-corrected chi connectivity index (χ1v) is 5.06. The predicted molar refractivity (Wildman–Crippen MR) is 54.4 cm³/mol. The van der Waals surface area contributed by atoms with Gasteiger partial charge in [0.05, 0.1) is 0 Å². The van der Waals surface area contributed by atoms with Crippen LogP contribution in [-0.4, -0.2) is 6.61 Å². The SMILES string of the molecule is CCCOC(Br)c1ccccc1. The van der Waals surface area contributed by atoms with Crippen LogP contribution in [0.15, 0.2) is 30.3 Å². The average Bonchev–Trinajstić information content (AvgIpc) is 2.15. The van der Waals surface area contributed by atoms with E-state index in [1.807, 2.05) is 18.2 Å². The molecule has 0 amide bonds.